The lowest BCUT2D eigenvalue weighted by atomic mass is 10.2. The molecule has 1 aliphatic heterocycles. The Morgan fingerprint density at radius 3 is 2.90 bits per heavy atom. The first-order valence-electron chi connectivity index (χ1n) is 7.42. The third kappa shape index (κ3) is 3.51. The molecular weight excluding hydrogens is 266 g/mol. The Morgan fingerprint density at radius 1 is 1.38 bits per heavy atom. The number of rotatable bonds is 4. The van der Waals surface area contributed by atoms with Crippen molar-refractivity contribution < 1.29 is 4.74 Å². The van der Waals surface area contributed by atoms with E-state index in [2.05, 4.69) is 34.3 Å². The van der Waals surface area contributed by atoms with Gasteiger partial charge in [0.1, 0.15) is 0 Å². The van der Waals surface area contributed by atoms with E-state index in [9.17, 15) is 0 Å². The van der Waals surface area contributed by atoms with E-state index in [1.165, 1.54) is 11.3 Å². The molecule has 0 saturated carbocycles. The Labute approximate surface area is 125 Å². The molecule has 21 heavy (non-hydrogen) atoms. The van der Waals surface area contributed by atoms with E-state index < -0.39 is 0 Å². The van der Waals surface area contributed by atoms with Crippen LogP contribution in [0.15, 0.2) is 18.5 Å². The first kappa shape index (κ1) is 14.3. The van der Waals surface area contributed by atoms with Crippen LogP contribution in [0.1, 0.15) is 17.0 Å². The topological polar surface area (TPSA) is 48.1 Å². The predicted molar refractivity (Wildman–Crippen MR) is 79.9 cm³/mol. The van der Waals surface area contributed by atoms with Gasteiger partial charge in [0.25, 0.3) is 0 Å². The maximum atomic E-state index is 5.90. The van der Waals surface area contributed by atoms with E-state index in [-0.39, 0.29) is 6.10 Å². The summed E-state index contributed by atoms with van der Waals surface area (Å²) in [4.78, 5) is 2.43. The fraction of sp³-hybridized carbons (Fsp3) is 0.600. The van der Waals surface area contributed by atoms with E-state index in [0.29, 0.717) is 0 Å². The highest BCUT2D eigenvalue weighted by Gasteiger charge is 2.22. The van der Waals surface area contributed by atoms with Gasteiger partial charge in [0.2, 0.25) is 0 Å². The SMILES string of the molecule is Cc1cc(C)n(CC2CN(Cc3cnn(C)c3)CCO2)n1. The number of morpholine rings is 1. The monoisotopic (exact) mass is 289 g/mol. The Balaban J connectivity index is 1.59. The van der Waals surface area contributed by atoms with Crippen molar-refractivity contribution in [3.63, 3.8) is 0 Å². The minimum atomic E-state index is 0.202. The van der Waals surface area contributed by atoms with Gasteiger partial charge in [-0.3, -0.25) is 14.3 Å². The van der Waals surface area contributed by atoms with Crippen LogP contribution in [0.4, 0.5) is 0 Å². The van der Waals surface area contributed by atoms with E-state index in [0.717, 1.165) is 38.5 Å². The number of aromatic nitrogens is 4. The number of hydrogen-bond donors (Lipinski definition) is 0. The molecule has 0 N–H and O–H groups in total. The van der Waals surface area contributed by atoms with Crippen LogP contribution in [0.2, 0.25) is 0 Å². The summed E-state index contributed by atoms with van der Waals surface area (Å²) in [6.07, 6.45) is 4.21. The van der Waals surface area contributed by atoms with Crippen molar-refractivity contribution in [1.29, 1.82) is 0 Å². The molecule has 0 spiro atoms. The standard InChI is InChI=1S/C15H23N5O/c1-12-6-13(2)20(17-12)11-15-10-19(4-5-21-15)9-14-7-16-18(3)8-14/h6-8,15H,4-5,9-11H2,1-3H3. The second-order valence-corrected chi connectivity index (χ2v) is 5.86. The van der Waals surface area contributed by atoms with Crippen molar-refractivity contribution in [3.8, 4) is 0 Å². The summed E-state index contributed by atoms with van der Waals surface area (Å²) in [5.74, 6) is 0. The van der Waals surface area contributed by atoms with Crippen molar-refractivity contribution in [1.82, 2.24) is 24.5 Å². The molecule has 0 aromatic carbocycles. The first-order chi connectivity index (χ1) is 10.1. The molecule has 3 heterocycles. The highest BCUT2D eigenvalue weighted by atomic mass is 16.5. The molecule has 6 heteroatoms. The summed E-state index contributed by atoms with van der Waals surface area (Å²) in [5.41, 5.74) is 3.51. The van der Waals surface area contributed by atoms with E-state index in [4.69, 9.17) is 4.74 Å². The Kier molecular flexibility index (Phi) is 4.07. The Morgan fingerprint density at radius 2 is 2.24 bits per heavy atom. The summed E-state index contributed by atoms with van der Waals surface area (Å²) < 4.78 is 9.80. The van der Waals surface area contributed by atoms with Gasteiger partial charge in [-0.1, -0.05) is 0 Å². The summed E-state index contributed by atoms with van der Waals surface area (Å²) in [6.45, 7) is 8.57. The fourth-order valence-electron chi connectivity index (χ4n) is 2.90. The maximum Gasteiger partial charge on any atom is 0.0898 e. The molecule has 2 aromatic rings. The molecule has 1 aliphatic rings. The molecule has 0 amide bonds. The summed E-state index contributed by atoms with van der Waals surface area (Å²) in [7, 11) is 1.95. The maximum absolute atomic E-state index is 5.90. The molecule has 114 valence electrons. The van der Waals surface area contributed by atoms with Gasteiger partial charge in [0.05, 0.1) is 31.1 Å². The van der Waals surface area contributed by atoms with Crippen LogP contribution in [0.25, 0.3) is 0 Å². The van der Waals surface area contributed by atoms with Crippen LogP contribution in [0.5, 0.6) is 0 Å². The largest absolute Gasteiger partial charge is 0.374 e. The predicted octanol–water partition coefficient (Wildman–Crippen LogP) is 1.13. The van der Waals surface area contributed by atoms with Crippen LogP contribution in [-0.2, 0) is 24.9 Å². The second kappa shape index (κ2) is 5.99. The van der Waals surface area contributed by atoms with Gasteiger partial charge in [-0.2, -0.15) is 10.2 Å². The smallest absolute Gasteiger partial charge is 0.0898 e. The molecule has 1 unspecified atom stereocenters. The zero-order valence-corrected chi connectivity index (χ0v) is 13.0. The van der Waals surface area contributed by atoms with E-state index >= 15 is 0 Å². The minimum Gasteiger partial charge on any atom is -0.374 e. The second-order valence-electron chi connectivity index (χ2n) is 5.86. The van der Waals surface area contributed by atoms with Crippen molar-refractivity contribution in [2.24, 2.45) is 7.05 Å². The summed E-state index contributed by atoms with van der Waals surface area (Å²) >= 11 is 0. The minimum absolute atomic E-state index is 0.202. The number of aryl methyl sites for hydroxylation is 3. The molecule has 0 radical (unpaired) electrons. The number of nitrogens with zero attached hydrogens (tertiary/aromatic N) is 5. The van der Waals surface area contributed by atoms with Crippen LogP contribution < -0.4 is 0 Å². The normalized spacial score (nSPS) is 20.0. The van der Waals surface area contributed by atoms with Gasteiger partial charge >= 0.3 is 0 Å². The molecular formula is C15H23N5O. The molecule has 3 rings (SSSR count). The highest BCUT2D eigenvalue weighted by molar-refractivity contribution is 5.07. The molecule has 6 nitrogen and oxygen atoms in total. The summed E-state index contributed by atoms with van der Waals surface area (Å²) in [5, 5.41) is 8.75. The summed E-state index contributed by atoms with van der Waals surface area (Å²) in [6, 6.07) is 2.11. The lowest BCUT2D eigenvalue weighted by Gasteiger charge is -2.32. The van der Waals surface area contributed by atoms with Gasteiger partial charge in [0, 0.05) is 44.1 Å². The Bertz CT molecular complexity index is 603. The molecule has 1 fully saturated rings. The fourth-order valence-corrected chi connectivity index (χ4v) is 2.90. The van der Waals surface area contributed by atoms with Crippen molar-refractivity contribution in [2.45, 2.75) is 33.0 Å². The van der Waals surface area contributed by atoms with Crippen molar-refractivity contribution in [3.05, 3.63) is 35.4 Å². The van der Waals surface area contributed by atoms with Crippen LogP contribution >= 0.6 is 0 Å². The highest BCUT2D eigenvalue weighted by Crippen LogP contribution is 2.12. The molecule has 2 aromatic heterocycles. The van der Waals surface area contributed by atoms with E-state index in [1.807, 2.05) is 29.5 Å². The van der Waals surface area contributed by atoms with Gasteiger partial charge < -0.3 is 4.74 Å². The van der Waals surface area contributed by atoms with Gasteiger partial charge in [0.15, 0.2) is 0 Å². The molecule has 1 saturated heterocycles. The lowest BCUT2D eigenvalue weighted by molar-refractivity contribution is -0.0405. The van der Waals surface area contributed by atoms with Crippen molar-refractivity contribution in [2.75, 3.05) is 19.7 Å². The average Bonchev–Trinajstić information content (AvgIpc) is 2.96. The quantitative estimate of drug-likeness (QED) is 0.847. The van der Waals surface area contributed by atoms with E-state index in [1.54, 1.807) is 0 Å². The third-order valence-electron chi connectivity index (χ3n) is 3.87. The van der Waals surface area contributed by atoms with Gasteiger partial charge in [-0.25, -0.2) is 0 Å². The molecule has 0 aliphatic carbocycles. The van der Waals surface area contributed by atoms with Crippen molar-refractivity contribution >= 4 is 0 Å². The van der Waals surface area contributed by atoms with Gasteiger partial charge in [-0.15, -0.1) is 0 Å². The van der Waals surface area contributed by atoms with Crippen LogP contribution in [-0.4, -0.2) is 50.3 Å². The molecule has 1 atom stereocenters. The van der Waals surface area contributed by atoms with Crippen LogP contribution in [0.3, 0.4) is 0 Å². The molecule has 0 bridgehead atoms. The van der Waals surface area contributed by atoms with Crippen LogP contribution in [0, 0.1) is 13.8 Å². The zero-order valence-electron chi connectivity index (χ0n) is 13.0. The number of hydrogen-bond acceptors (Lipinski definition) is 4. The zero-order chi connectivity index (χ0) is 14.8. The number of ether oxygens (including phenoxy) is 1. The first-order valence-corrected chi connectivity index (χ1v) is 7.42. The van der Waals surface area contributed by atoms with Gasteiger partial charge in [-0.05, 0) is 19.9 Å². The Hall–Kier alpha value is -1.66. The lowest BCUT2D eigenvalue weighted by Crippen LogP contribution is -2.43. The average molecular weight is 289 g/mol. The third-order valence-corrected chi connectivity index (χ3v) is 3.87.